The first-order valence-electron chi connectivity index (χ1n) is 9.14. The van der Waals surface area contributed by atoms with Crippen molar-refractivity contribution >= 4 is 29.1 Å². The molecule has 0 atom stereocenters. The van der Waals surface area contributed by atoms with Crippen molar-refractivity contribution in [2.45, 2.75) is 40.0 Å². The number of halogens is 1. The zero-order chi connectivity index (χ0) is 20.0. The van der Waals surface area contributed by atoms with Crippen molar-refractivity contribution < 1.29 is 9.59 Å². The van der Waals surface area contributed by atoms with Crippen molar-refractivity contribution in [1.29, 1.82) is 0 Å². The third-order valence-electron chi connectivity index (χ3n) is 4.58. The standard InChI is InChI=1S/C22H27ClN2O2/c1-15(2)17-7-11-19(12-8-17)25-21(27)22(3,4)20(26)24-14-13-16-5-9-18(23)10-6-16/h5-12,15H,13-14H2,1-4H3,(H,24,26)(H,25,27). The van der Waals surface area contributed by atoms with Crippen molar-refractivity contribution in [2.75, 3.05) is 11.9 Å². The lowest BCUT2D eigenvalue weighted by atomic mass is 9.90. The predicted molar refractivity (Wildman–Crippen MR) is 111 cm³/mol. The maximum absolute atomic E-state index is 12.6. The van der Waals surface area contributed by atoms with Gasteiger partial charge in [-0.25, -0.2) is 0 Å². The molecule has 0 radical (unpaired) electrons. The maximum Gasteiger partial charge on any atom is 0.239 e. The first kappa shape index (κ1) is 21.0. The zero-order valence-electron chi connectivity index (χ0n) is 16.3. The number of hydrogen-bond acceptors (Lipinski definition) is 2. The Morgan fingerprint density at radius 3 is 2.11 bits per heavy atom. The largest absolute Gasteiger partial charge is 0.355 e. The molecule has 0 spiro atoms. The first-order chi connectivity index (χ1) is 12.7. The summed E-state index contributed by atoms with van der Waals surface area (Å²) < 4.78 is 0. The van der Waals surface area contributed by atoms with E-state index in [1.807, 2.05) is 48.5 Å². The van der Waals surface area contributed by atoms with Gasteiger partial charge in [0.05, 0.1) is 0 Å². The minimum absolute atomic E-state index is 0.298. The van der Waals surface area contributed by atoms with Crippen molar-refractivity contribution in [3.05, 3.63) is 64.7 Å². The minimum Gasteiger partial charge on any atom is -0.355 e. The second-order valence-electron chi connectivity index (χ2n) is 7.49. The van der Waals surface area contributed by atoms with E-state index in [-0.39, 0.29) is 11.8 Å². The summed E-state index contributed by atoms with van der Waals surface area (Å²) in [5.74, 6) is -0.200. The monoisotopic (exact) mass is 386 g/mol. The Kier molecular flexibility index (Phi) is 7.03. The quantitative estimate of drug-likeness (QED) is 0.672. The maximum atomic E-state index is 12.6. The highest BCUT2D eigenvalue weighted by Gasteiger charge is 2.35. The Bertz CT molecular complexity index is 781. The molecule has 0 aliphatic rings. The van der Waals surface area contributed by atoms with Gasteiger partial charge in [-0.1, -0.05) is 49.7 Å². The van der Waals surface area contributed by atoms with Gasteiger partial charge in [0.2, 0.25) is 11.8 Å². The van der Waals surface area contributed by atoms with Crippen LogP contribution in [0.1, 0.15) is 44.7 Å². The molecule has 0 saturated heterocycles. The number of hydrogen-bond donors (Lipinski definition) is 2. The summed E-state index contributed by atoms with van der Waals surface area (Å²) in [6.07, 6.45) is 0.678. The molecule has 2 amide bonds. The van der Waals surface area contributed by atoms with Crippen LogP contribution < -0.4 is 10.6 Å². The van der Waals surface area contributed by atoms with Crippen molar-refractivity contribution in [3.8, 4) is 0 Å². The normalized spacial score (nSPS) is 11.3. The molecule has 0 aromatic heterocycles. The molecule has 2 N–H and O–H groups in total. The van der Waals surface area contributed by atoms with E-state index in [2.05, 4.69) is 24.5 Å². The van der Waals surface area contributed by atoms with Gasteiger partial charge >= 0.3 is 0 Å². The molecule has 2 rings (SSSR count). The topological polar surface area (TPSA) is 58.2 Å². The number of amides is 2. The highest BCUT2D eigenvalue weighted by molar-refractivity contribution is 6.30. The van der Waals surface area contributed by atoms with Crippen LogP contribution in [0.5, 0.6) is 0 Å². The smallest absolute Gasteiger partial charge is 0.239 e. The molecule has 0 unspecified atom stereocenters. The molecular weight excluding hydrogens is 360 g/mol. The van der Waals surface area contributed by atoms with Gasteiger partial charge in [0.25, 0.3) is 0 Å². The van der Waals surface area contributed by atoms with Crippen molar-refractivity contribution in [1.82, 2.24) is 5.32 Å². The minimum atomic E-state index is -1.17. The molecular formula is C22H27ClN2O2. The Morgan fingerprint density at radius 1 is 0.963 bits per heavy atom. The fourth-order valence-electron chi connectivity index (χ4n) is 2.53. The Labute approximate surface area is 166 Å². The fraction of sp³-hybridized carbons (Fsp3) is 0.364. The predicted octanol–water partition coefficient (Wildman–Crippen LogP) is 4.79. The van der Waals surface area contributed by atoms with Crippen LogP contribution in [0.3, 0.4) is 0 Å². The molecule has 27 heavy (non-hydrogen) atoms. The molecule has 0 fully saturated rings. The molecule has 2 aromatic rings. The molecule has 0 bridgehead atoms. The summed E-state index contributed by atoms with van der Waals surface area (Å²) in [5.41, 5.74) is 1.79. The second kappa shape index (κ2) is 9.05. The zero-order valence-corrected chi connectivity index (χ0v) is 17.1. The summed E-state index contributed by atoms with van der Waals surface area (Å²) in [5, 5.41) is 6.36. The molecule has 0 aliphatic heterocycles. The van der Waals surface area contributed by atoms with Crippen molar-refractivity contribution in [3.63, 3.8) is 0 Å². The molecule has 5 heteroatoms. The van der Waals surface area contributed by atoms with E-state index < -0.39 is 5.41 Å². The molecule has 0 saturated carbocycles. The van der Waals surface area contributed by atoms with Gasteiger partial charge in [0.15, 0.2) is 0 Å². The second-order valence-corrected chi connectivity index (χ2v) is 7.92. The number of rotatable bonds is 7. The lowest BCUT2D eigenvalue weighted by molar-refractivity contribution is -0.138. The van der Waals surface area contributed by atoms with Crippen LogP contribution >= 0.6 is 11.6 Å². The third-order valence-corrected chi connectivity index (χ3v) is 4.83. The van der Waals surface area contributed by atoms with Crippen LogP contribution in [-0.4, -0.2) is 18.4 Å². The van der Waals surface area contributed by atoms with Gasteiger partial charge in [-0.15, -0.1) is 0 Å². The van der Waals surface area contributed by atoms with E-state index in [0.717, 1.165) is 5.56 Å². The number of nitrogens with one attached hydrogen (secondary N) is 2. The van der Waals surface area contributed by atoms with Crippen LogP contribution in [0, 0.1) is 5.41 Å². The fourth-order valence-corrected chi connectivity index (χ4v) is 2.66. The Morgan fingerprint density at radius 2 is 1.56 bits per heavy atom. The highest BCUT2D eigenvalue weighted by Crippen LogP contribution is 2.21. The van der Waals surface area contributed by atoms with Gasteiger partial charge in [-0.05, 0) is 61.6 Å². The first-order valence-corrected chi connectivity index (χ1v) is 9.52. The van der Waals surface area contributed by atoms with Crippen LogP contribution in [0.25, 0.3) is 0 Å². The molecule has 2 aromatic carbocycles. The van der Waals surface area contributed by atoms with E-state index in [4.69, 9.17) is 11.6 Å². The van der Waals surface area contributed by atoms with E-state index in [0.29, 0.717) is 29.6 Å². The van der Waals surface area contributed by atoms with Crippen LogP contribution in [0.15, 0.2) is 48.5 Å². The third kappa shape index (κ3) is 5.83. The van der Waals surface area contributed by atoms with Crippen LogP contribution in [-0.2, 0) is 16.0 Å². The number of carbonyl (C=O) groups is 2. The highest BCUT2D eigenvalue weighted by atomic mass is 35.5. The average molecular weight is 387 g/mol. The van der Waals surface area contributed by atoms with E-state index in [9.17, 15) is 9.59 Å². The molecule has 144 valence electrons. The summed E-state index contributed by atoms with van der Waals surface area (Å²) in [6.45, 7) is 7.95. The summed E-state index contributed by atoms with van der Waals surface area (Å²) in [6, 6.07) is 15.2. The van der Waals surface area contributed by atoms with Gasteiger partial charge in [-0.3, -0.25) is 9.59 Å². The van der Waals surface area contributed by atoms with E-state index in [1.165, 1.54) is 5.56 Å². The number of anilines is 1. The van der Waals surface area contributed by atoms with E-state index >= 15 is 0 Å². The summed E-state index contributed by atoms with van der Waals surface area (Å²) >= 11 is 5.87. The van der Waals surface area contributed by atoms with Crippen LogP contribution in [0.2, 0.25) is 5.02 Å². The summed E-state index contributed by atoms with van der Waals surface area (Å²) in [7, 11) is 0. The molecule has 4 nitrogen and oxygen atoms in total. The van der Waals surface area contributed by atoms with Gasteiger partial charge in [0.1, 0.15) is 5.41 Å². The molecule has 0 aliphatic carbocycles. The van der Waals surface area contributed by atoms with Crippen molar-refractivity contribution in [2.24, 2.45) is 5.41 Å². The SMILES string of the molecule is CC(C)c1ccc(NC(=O)C(C)(C)C(=O)NCCc2ccc(Cl)cc2)cc1. The lowest BCUT2D eigenvalue weighted by Gasteiger charge is -2.23. The number of carbonyl (C=O) groups excluding carboxylic acids is 2. The number of benzene rings is 2. The van der Waals surface area contributed by atoms with Gasteiger partial charge in [-0.2, -0.15) is 0 Å². The van der Waals surface area contributed by atoms with E-state index in [1.54, 1.807) is 13.8 Å². The lowest BCUT2D eigenvalue weighted by Crippen LogP contribution is -2.45. The Balaban J connectivity index is 1.89. The Hall–Kier alpha value is -2.33. The van der Waals surface area contributed by atoms with Crippen LogP contribution in [0.4, 0.5) is 5.69 Å². The molecule has 0 heterocycles. The van der Waals surface area contributed by atoms with Gasteiger partial charge in [0, 0.05) is 17.3 Å². The summed E-state index contributed by atoms with van der Waals surface area (Å²) in [4.78, 5) is 25.1. The van der Waals surface area contributed by atoms with Gasteiger partial charge < -0.3 is 10.6 Å². The average Bonchev–Trinajstić information content (AvgIpc) is 2.63.